The second-order valence-electron chi connectivity index (χ2n) is 5.27. The van der Waals surface area contributed by atoms with E-state index < -0.39 is 0 Å². The lowest BCUT2D eigenvalue weighted by atomic mass is 10.2. The second-order valence-corrected chi connectivity index (χ2v) is 5.68. The van der Waals surface area contributed by atoms with E-state index in [4.69, 9.17) is 16.3 Å². The fourth-order valence-corrected chi connectivity index (χ4v) is 2.65. The molecule has 3 rings (SSSR count). The van der Waals surface area contributed by atoms with Crippen LogP contribution in [-0.2, 0) is 0 Å². The summed E-state index contributed by atoms with van der Waals surface area (Å²) in [5.41, 5.74) is 1.37. The molecule has 2 heterocycles. The van der Waals surface area contributed by atoms with E-state index in [2.05, 4.69) is 10.2 Å². The first-order valence-corrected chi connectivity index (χ1v) is 7.52. The number of nitrogens with zero attached hydrogens (tertiary/aromatic N) is 3. The normalized spacial score (nSPS) is 17.5. The minimum absolute atomic E-state index is 0.0632. The summed E-state index contributed by atoms with van der Waals surface area (Å²) in [5.74, 6) is 0.425. The number of aryl methyl sites for hydroxylation is 1. The first-order valence-electron chi connectivity index (χ1n) is 7.14. The Balaban J connectivity index is 1.63. The number of hydrogen-bond donors (Lipinski definition) is 0. The predicted molar refractivity (Wildman–Crippen MR) is 83.2 cm³/mol. The van der Waals surface area contributed by atoms with Crippen molar-refractivity contribution in [2.24, 2.45) is 0 Å². The monoisotopic (exact) mass is 317 g/mol. The summed E-state index contributed by atoms with van der Waals surface area (Å²) in [5, 5.41) is 8.42. The highest BCUT2D eigenvalue weighted by atomic mass is 35.5. The zero-order valence-electron chi connectivity index (χ0n) is 12.2. The van der Waals surface area contributed by atoms with Crippen LogP contribution in [0.5, 0.6) is 5.88 Å². The van der Waals surface area contributed by atoms with Crippen LogP contribution in [0.15, 0.2) is 36.4 Å². The van der Waals surface area contributed by atoms with Gasteiger partial charge in [0.05, 0.1) is 22.8 Å². The molecule has 1 aliphatic heterocycles. The molecule has 1 aromatic carbocycles. The van der Waals surface area contributed by atoms with Gasteiger partial charge in [-0.3, -0.25) is 4.79 Å². The molecule has 2 aromatic rings. The highest BCUT2D eigenvalue weighted by Gasteiger charge is 2.29. The van der Waals surface area contributed by atoms with Crippen molar-refractivity contribution < 1.29 is 9.53 Å². The number of amides is 1. The molecule has 114 valence electrons. The molecule has 1 aromatic heterocycles. The molecule has 1 aliphatic rings. The minimum atomic E-state index is -0.0663. The average Bonchev–Trinajstić information content (AvgIpc) is 2.98. The maximum Gasteiger partial charge on any atom is 0.255 e. The number of likely N-dealkylation sites (tertiary alicyclic amines) is 1. The third-order valence-electron chi connectivity index (χ3n) is 3.60. The van der Waals surface area contributed by atoms with Crippen LogP contribution in [-0.4, -0.2) is 40.2 Å². The van der Waals surface area contributed by atoms with Crippen molar-refractivity contribution in [1.29, 1.82) is 0 Å². The molecule has 0 N–H and O–H groups in total. The lowest BCUT2D eigenvalue weighted by Gasteiger charge is -2.17. The summed E-state index contributed by atoms with van der Waals surface area (Å²) in [6.07, 6.45) is 0.703. The van der Waals surface area contributed by atoms with Crippen LogP contribution in [0.1, 0.15) is 22.5 Å². The number of carbonyl (C=O) groups is 1. The minimum Gasteiger partial charge on any atom is -0.471 e. The van der Waals surface area contributed by atoms with Crippen molar-refractivity contribution in [2.75, 3.05) is 13.1 Å². The van der Waals surface area contributed by atoms with Gasteiger partial charge in [0.2, 0.25) is 5.88 Å². The Morgan fingerprint density at radius 2 is 2.09 bits per heavy atom. The molecule has 6 heteroatoms. The number of ether oxygens (including phenoxy) is 1. The van der Waals surface area contributed by atoms with Gasteiger partial charge in [0.15, 0.2) is 0 Å². The van der Waals surface area contributed by atoms with Crippen molar-refractivity contribution in [3.8, 4) is 5.88 Å². The highest BCUT2D eigenvalue weighted by Crippen LogP contribution is 2.21. The second kappa shape index (κ2) is 6.32. The summed E-state index contributed by atoms with van der Waals surface area (Å²) in [7, 11) is 0. The van der Waals surface area contributed by atoms with Crippen molar-refractivity contribution in [1.82, 2.24) is 15.1 Å². The van der Waals surface area contributed by atoms with E-state index in [0.29, 0.717) is 29.6 Å². The Kier molecular flexibility index (Phi) is 4.24. The molecule has 5 nitrogen and oxygen atoms in total. The standard InChI is InChI=1S/C16H16ClN3O2/c1-11-6-7-15(19-18-11)22-12-8-9-20(10-12)16(21)13-4-2-3-5-14(13)17/h2-7,12H,8-10H2,1H3. The number of halogens is 1. The van der Waals surface area contributed by atoms with Crippen LogP contribution >= 0.6 is 11.6 Å². The van der Waals surface area contributed by atoms with Crippen molar-refractivity contribution >= 4 is 17.5 Å². The van der Waals surface area contributed by atoms with Crippen LogP contribution in [0.3, 0.4) is 0 Å². The smallest absolute Gasteiger partial charge is 0.255 e. The Labute approximate surface area is 133 Å². The Morgan fingerprint density at radius 3 is 2.82 bits per heavy atom. The molecule has 0 aliphatic carbocycles. The molecule has 1 amide bonds. The lowest BCUT2D eigenvalue weighted by Crippen LogP contribution is -2.31. The van der Waals surface area contributed by atoms with Gasteiger partial charge in [0.1, 0.15) is 6.10 Å². The van der Waals surface area contributed by atoms with Gasteiger partial charge in [0.25, 0.3) is 5.91 Å². The third kappa shape index (κ3) is 3.20. The van der Waals surface area contributed by atoms with E-state index in [0.717, 1.165) is 12.1 Å². The summed E-state index contributed by atoms with van der Waals surface area (Å²) in [6, 6.07) is 10.7. The molecule has 22 heavy (non-hydrogen) atoms. The van der Waals surface area contributed by atoms with Crippen LogP contribution in [0, 0.1) is 6.92 Å². The molecule has 1 saturated heterocycles. The van der Waals surface area contributed by atoms with Gasteiger partial charge in [-0.05, 0) is 25.1 Å². The van der Waals surface area contributed by atoms with Gasteiger partial charge < -0.3 is 9.64 Å². The molecule has 1 unspecified atom stereocenters. The van der Waals surface area contributed by atoms with Gasteiger partial charge >= 0.3 is 0 Å². The number of hydrogen-bond acceptors (Lipinski definition) is 4. The van der Waals surface area contributed by atoms with Gasteiger partial charge in [-0.25, -0.2) is 0 Å². The number of carbonyl (C=O) groups excluding carboxylic acids is 1. The first kappa shape index (κ1) is 14.8. The van der Waals surface area contributed by atoms with E-state index in [1.165, 1.54) is 0 Å². The van der Waals surface area contributed by atoms with Gasteiger partial charge in [-0.2, -0.15) is 5.10 Å². The summed E-state index contributed by atoms with van der Waals surface area (Å²) in [6.45, 7) is 3.05. The van der Waals surface area contributed by atoms with Gasteiger partial charge in [-0.1, -0.05) is 23.7 Å². The largest absolute Gasteiger partial charge is 0.471 e. The first-order chi connectivity index (χ1) is 10.6. The van der Waals surface area contributed by atoms with Crippen LogP contribution < -0.4 is 4.74 Å². The molecule has 1 fully saturated rings. The predicted octanol–water partition coefficient (Wildman–Crippen LogP) is 2.73. The van der Waals surface area contributed by atoms with E-state index >= 15 is 0 Å². The van der Waals surface area contributed by atoms with Gasteiger partial charge in [0, 0.05) is 19.0 Å². The molecular weight excluding hydrogens is 302 g/mol. The average molecular weight is 318 g/mol. The Morgan fingerprint density at radius 1 is 1.27 bits per heavy atom. The van der Waals surface area contributed by atoms with Crippen molar-refractivity contribution in [3.63, 3.8) is 0 Å². The summed E-state index contributed by atoms with van der Waals surface area (Å²) in [4.78, 5) is 14.2. The van der Waals surface area contributed by atoms with E-state index in [1.54, 1.807) is 23.1 Å². The zero-order chi connectivity index (χ0) is 15.5. The maximum absolute atomic E-state index is 12.5. The summed E-state index contributed by atoms with van der Waals surface area (Å²) >= 11 is 6.08. The molecule has 1 atom stereocenters. The fraction of sp³-hybridized carbons (Fsp3) is 0.312. The topological polar surface area (TPSA) is 55.3 Å². The maximum atomic E-state index is 12.5. The lowest BCUT2D eigenvalue weighted by molar-refractivity contribution is 0.0771. The Hall–Kier alpha value is -2.14. The fourth-order valence-electron chi connectivity index (χ4n) is 2.43. The third-order valence-corrected chi connectivity index (χ3v) is 3.93. The van der Waals surface area contributed by atoms with E-state index in [-0.39, 0.29) is 12.0 Å². The van der Waals surface area contributed by atoms with Gasteiger partial charge in [-0.15, -0.1) is 5.10 Å². The SMILES string of the molecule is Cc1ccc(OC2CCN(C(=O)c3ccccc3Cl)C2)nn1. The van der Waals surface area contributed by atoms with E-state index in [1.807, 2.05) is 25.1 Å². The quantitative estimate of drug-likeness (QED) is 0.873. The van der Waals surface area contributed by atoms with Crippen LogP contribution in [0.25, 0.3) is 0 Å². The Bertz CT molecular complexity index is 675. The molecule has 0 spiro atoms. The van der Waals surface area contributed by atoms with Crippen molar-refractivity contribution in [2.45, 2.75) is 19.4 Å². The number of rotatable bonds is 3. The summed E-state index contributed by atoms with van der Waals surface area (Å²) < 4.78 is 5.78. The molecule has 0 saturated carbocycles. The number of benzene rings is 1. The molecular formula is C16H16ClN3O2. The van der Waals surface area contributed by atoms with Crippen molar-refractivity contribution in [3.05, 3.63) is 52.7 Å². The van der Waals surface area contributed by atoms with Crippen LogP contribution in [0.4, 0.5) is 0 Å². The molecule has 0 bridgehead atoms. The number of aromatic nitrogens is 2. The zero-order valence-corrected chi connectivity index (χ0v) is 13.0. The van der Waals surface area contributed by atoms with E-state index in [9.17, 15) is 4.79 Å². The highest BCUT2D eigenvalue weighted by molar-refractivity contribution is 6.33. The molecule has 0 radical (unpaired) electrons. The van der Waals surface area contributed by atoms with Crippen LogP contribution in [0.2, 0.25) is 5.02 Å².